The second-order valence-corrected chi connectivity index (χ2v) is 7.04. The van der Waals surface area contributed by atoms with Crippen molar-refractivity contribution in [3.8, 4) is 0 Å². The van der Waals surface area contributed by atoms with Gasteiger partial charge in [0.05, 0.1) is 6.04 Å². The zero-order chi connectivity index (χ0) is 16.1. The Bertz CT molecular complexity index is 708. The number of nitrogens with one attached hydrogen (secondary N) is 3. The summed E-state index contributed by atoms with van der Waals surface area (Å²) in [4.78, 5) is 0. The molecule has 0 aromatic heterocycles. The van der Waals surface area contributed by atoms with Gasteiger partial charge in [-0.25, -0.2) is 0 Å². The van der Waals surface area contributed by atoms with Gasteiger partial charge in [-0.1, -0.05) is 0 Å². The van der Waals surface area contributed by atoms with Gasteiger partial charge in [0.15, 0.2) is 0 Å². The Morgan fingerprint density at radius 2 is 2.00 bits per heavy atom. The summed E-state index contributed by atoms with van der Waals surface area (Å²) in [5.41, 5.74) is 16.6. The molecule has 0 saturated heterocycles. The normalized spacial score (nSPS) is 34.4. The van der Waals surface area contributed by atoms with E-state index in [0.717, 1.165) is 16.8 Å². The molecular formula is C18H23N5. The van der Waals surface area contributed by atoms with Crippen molar-refractivity contribution >= 4 is 23.8 Å². The van der Waals surface area contributed by atoms with Crippen LogP contribution >= 0.6 is 0 Å². The molecule has 1 aromatic carbocycles. The van der Waals surface area contributed by atoms with Gasteiger partial charge in [0.1, 0.15) is 0 Å². The average molecular weight is 309 g/mol. The molecule has 4 rings (SSSR count). The van der Waals surface area contributed by atoms with E-state index in [1.807, 2.05) is 12.1 Å². The van der Waals surface area contributed by atoms with Crippen LogP contribution in [0.4, 0.5) is 11.4 Å². The monoisotopic (exact) mass is 309 g/mol. The molecule has 2 saturated carbocycles. The summed E-state index contributed by atoms with van der Waals surface area (Å²) >= 11 is 0. The van der Waals surface area contributed by atoms with Crippen LogP contribution in [0.25, 0.3) is 0 Å². The van der Waals surface area contributed by atoms with Crippen LogP contribution < -0.4 is 16.8 Å². The van der Waals surface area contributed by atoms with Crippen LogP contribution in [0.5, 0.6) is 0 Å². The Morgan fingerprint density at radius 3 is 2.70 bits per heavy atom. The van der Waals surface area contributed by atoms with Gasteiger partial charge in [0.25, 0.3) is 0 Å². The zero-order valence-corrected chi connectivity index (χ0v) is 13.0. The van der Waals surface area contributed by atoms with Gasteiger partial charge in [0.2, 0.25) is 0 Å². The molecular weight excluding hydrogens is 286 g/mol. The number of rotatable bonds is 3. The first-order chi connectivity index (χ1) is 11.2. The van der Waals surface area contributed by atoms with Crippen LogP contribution in [0.3, 0.4) is 0 Å². The summed E-state index contributed by atoms with van der Waals surface area (Å²) in [6.45, 7) is 0. The highest BCUT2D eigenvalue weighted by Crippen LogP contribution is 2.62. The van der Waals surface area contributed by atoms with Gasteiger partial charge in [-0.2, -0.15) is 0 Å². The summed E-state index contributed by atoms with van der Waals surface area (Å²) in [6.07, 6.45) is 8.10. The molecule has 0 radical (unpaired) electrons. The molecule has 3 aliphatic rings. The molecule has 2 fully saturated rings. The Hall–Kier alpha value is -2.30. The first-order valence-corrected chi connectivity index (χ1v) is 8.31. The predicted octanol–water partition coefficient (Wildman–Crippen LogP) is 2.68. The van der Waals surface area contributed by atoms with Crippen molar-refractivity contribution < 1.29 is 0 Å². The van der Waals surface area contributed by atoms with E-state index < -0.39 is 0 Å². The lowest BCUT2D eigenvalue weighted by atomic mass is 9.67. The maximum absolute atomic E-state index is 7.82. The average Bonchev–Trinajstić information content (AvgIpc) is 3.18. The zero-order valence-electron chi connectivity index (χ0n) is 13.0. The van der Waals surface area contributed by atoms with Gasteiger partial charge in [0, 0.05) is 41.1 Å². The molecule has 23 heavy (non-hydrogen) atoms. The molecule has 120 valence electrons. The van der Waals surface area contributed by atoms with Crippen LogP contribution in [0.15, 0.2) is 23.9 Å². The number of fused-ring (bicyclic) bond motifs is 7. The van der Waals surface area contributed by atoms with Crippen molar-refractivity contribution in [3.63, 3.8) is 0 Å². The second kappa shape index (κ2) is 5.11. The van der Waals surface area contributed by atoms with Crippen molar-refractivity contribution in [1.82, 2.24) is 0 Å². The van der Waals surface area contributed by atoms with Gasteiger partial charge in [-0.3, -0.25) is 0 Å². The van der Waals surface area contributed by atoms with E-state index >= 15 is 0 Å². The van der Waals surface area contributed by atoms with Gasteiger partial charge in [-0.15, -0.1) is 0 Å². The molecule has 0 spiro atoms. The highest BCUT2D eigenvalue weighted by Gasteiger charge is 2.54. The highest BCUT2D eigenvalue weighted by atomic mass is 15.0. The Kier molecular flexibility index (Phi) is 3.18. The molecule has 0 amide bonds. The Balaban J connectivity index is 1.90. The van der Waals surface area contributed by atoms with Crippen molar-refractivity contribution in [2.75, 3.05) is 11.1 Å². The lowest BCUT2D eigenvalue weighted by molar-refractivity contribution is 0.264. The molecule has 5 atom stereocenters. The molecule has 1 aromatic rings. The maximum atomic E-state index is 7.82. The third-order valence-corrected chi connectivity index (χ3v) is 6.19. The maximum Gasteiger partial charge on any atom is 0.0579 e. The molecule has 2 aliphatic carbocycles. The molecule has 1 aliphatic heterocycles. The summed E-state index contributed by atoms with van der Waals surface area (Å²) in [6, 6.07) is 3.98. The number of hydrogen-bond donors (Lipinski definition) is 5. The Labute approximate surface area is 136 Å². The van der Waals surface area contributed by atoms with E-state index in [4.69, 9.17) is 22.3 Å². The fourth-order valence-electron chi connectivity index (χ4n) is 5.35. The van der Waals surface area contributed by atoms with E-state index in [2.05, 4.69) is 5.32 Å². The number of nitrogen functional groups attached to an aromatic ring is 1. The lowest BCUT2D eigenvalue weighted by Gasteiger charge is -2.44. The SMILES string of the molecule is N=C/C(=C\N)[C@@H]1Nc2ccc(N)c(C=N)c2[C@H]2[C@@H]3CC[C@H](C3)[C@H]21. The second-order valence-electron chi connectivity index (χ2n) is 7.04. The molecule has 0 unspecified atom stereocenters. The molecule has 2 bridgehead atoms. The topological polar surface area (TPSA) is 112 Å². The highest BCUT2D eigenvalue weighted by molar-refractivity contribution is 5.91. The number of nitrogens with two attached hydrogens (primary N) is 2. The van der Waals surface area contributed by atoms with Gasteiger partial charge in [-0.05, 0) is 60.6 Å². The lowest BCUT2D eigenvalue weighted by Crippen LogP contribution is -2.43. The smallest absolute Gasteiger partial charge is 0.0579 e. The molecule has 7 N–H and O–H groups in total. The summed E-state index contributed by atoms with van der Waals surface area (Å²) < 4.78 is 0. The predicted molar refractivity (Wildman–Crippen MR) is 94.3 cm³/mol. The van der Waals surface area contributed by atoms with Crippen molar-refractivity contribution in [1.29, 1.82) is 10.8 Å². The minimum Gasteiger partial charge on any atom is -0.404 e. The fraction of sp³-hybridized carbons (Fsp3) is 0.444. The first-order valence-electron chi connectivity index (χ1n) is 8.31. The minimum atomic E-state index is 0.0903. The quantitative estimate of drug-likeness (QED) is 0.437. The fourth-order valence-corrected chi connectivity index (χ4v) is 5.35. The third kappa shape index (κ3) is 1.85. The van der Waals surface area contributed by atoms with Gasteiger partial charge < -0.3 is 27.6 Å². The van der Waals surface area contributed by atoms with Crippen LogP contribution in [-0.4, -0.2) is 18.5 Å². The van der Waals surface area contributed by atoms with Crippen molar-refractivity contribution in [3.05, 3.63) is 35.0 Å². The van der Waals surface area contributed by atoms with Crippen LogP contribution in [-0.2, 0) is 0 Å². The van der Waals surface area contributed by atoms with Crippen LogP contribution in [0.2, 0.25) is 0 Å². The van der Waals surface area contributed by atoms with E-state index in [0.29, 0.717) is 29.4 Å². The number of anilines is 2. The minimum absolute atomic E-state index is 0.0903. The number of benzene rings is 1. The first kappa shape index (κ1) is 14.3. The molecule has 5 nitrogen and oxygen atoms in total. The summed E-state index contributed by atoms with van der Waals surface area (Å²) in [7, 11) is 0. The van der Waals surface area contributed by atoms with E-state index in [-0.39, 0.29) is 6.04 Å². The van der Waals surface area contributed by atoms with Crippen molar-refractivity contribution in [2.45, 2.75) is 31.2 Å². The number of hydrogen-bond acceptors (Lipinski definition) is 5. The Morgan fingerprint density at radius 1 is 1.22 bits per heavy atom. The van der Waals surface area contributed by atoms with Crippen molar-refractivity contribution in [2.24, 2.45) is 23.5 Å². The summed E-state index contributed by atoms with van der Waals surface area (Å²) in [5, 5.41) is 19.1. The molecule has 1 heterocycles. The van der Waals surface area contributed by atoms with Crippen LogP contribution in [0, 0.1) is 28.6 Å². The third-order valence-electron chi connectivity index (χ3n) is 6.19. The van der Waals surface area contributed by atoms with Gasteiger partial charge >= 0.3 is 0 Å². The summed E-state index contributed by atoms with van der Waals surface area (Å²) in [5.74, 6) is 2.20. The molecule has 5 heteroatoms. The van der Waals surface area contributed by atoms with E-state index in [9.17, 15) is 0 Å². The standard InChI is InChI=1S/C18H23N5/c19-6-11(7-20)18-16-10-2-1-9(5-10)15(16)17-12(8-21)13(22)3-4-14(17)23-18/h3-4,6-10,15-16,18-19,21,23H,1-2,5,20,22H2/b11-7+,19-6?,21-8?/t9-,10-,15+,16-,18+/m1/s1. The van der Waals surface area contributed by atoms with E-state index in [1.54, 1.807) is 6.20 Å². The van der Waals surface area contributed by atoms with E-state index in [1.165, 1.54) is 37.3 Å². The van der Waals surface area contributed by atoms with Crippen LogP contribution in [0.1, 0.15) is 36.3 Å². The largest absolute Gasteiger partial charge is 0.404 e.